The SMILES string of the molecule is CCc1cc2c(=O)c(-c3nnc(-c4ccccc4)s3)coc2cc1OCC(=O)[O-]. The lowest BCUT2D eigenvalue weighted by Crippen LogP contribution is -2.29. The standard InChI is InChI=1S/C21H16N2O5S/c1-2-12-8-14-17(9-16(12)28-11-18(24)25)27-10-15(19(14)26)21-23-22-20(29-21)13-6-4-3-5-7-13/h3-10H,2,11H2,1H3,(H,24,25)/p-1. The van der Waals surface area contributed by atoms with Crippen LogP contribution < -0.4 is 15.3 Å². The number of carboxylic acids is 1. The molecule has 0 amide bonds. The summed E-state index contributed by atoms with van der Waals surface area (Å²) in [6.07, 6.45) is 1.90. The molecule has 2 aromatic carbocycles. The molecule has 0 saturated carbocycles. The van der Waals surface area contributed by atoms with Crippen molar-refractivity contribution in [1.29, 1.82) is 0 Å². The Bertz CT molecular complexity index is 1250. The normalized spacial score (nSPS) is 10.9. The van der Waals surface area contributed by atoms with Gasteiger partial charge in [0, 0.05) is 11.6 Å². The van der Waals surface area contributed by atoms with Crippen molar-refractivity contribution in [3.63, 3.8) is 0 Å². The van der Waals surface area contributed by atoms with Crippen LogP contribution in [-0.2, 0) is 11.2 Å². The number of hydrogen-bond donors (Lipinski definition) is 0. The summed E-state index contributed by atoms with van der Waals surface area (Å²) in [6.45, 7) is 1.31. The van der Waals surface area contributed by atoms with Crippen molar-refractivity contribution >= 4 is 28.3 Å². The number of aromatic nitrogens is 2. The average molecular weight is 407 g/mol. The molecule has 146 valence electrons. The third-order valence-corrected chi connectivity index (χ3v) is 5.36. The van der Waals surface area contributed by atoms with Crippen LogP contribution in [0.4, 0.5) is 0 Å². The molecule has 0 fully saturated rings. The van der Waals surface area contributed by atoms with E-state index in [2.05, 4.69) is 10.2 Å². The summed E-state index contributed by atoms with van der Waals surface area (Å²) in [5, 5.41) is 20.6. The summed E-state index contributed by atoms with van der Waals surface area (Å²) < 4.78 is 10.9. The number of rotatable bonds is 6. The Morgan fingerprint density at radius 3 is 2.66 bits per heavy atom. The van der Waals surface area contributed by atoms with E-state index >= 15 is 0 Å². The van der Waals surface area contributed by atoms with Crippen molar-refractivity contribution in [2.24, 2.45) is 0 Å². The molecule has 0 aliphatic carbocycles. The number of carboxylic acid groups (broad SMARTS) is 1. The lowest BCUT2D eigenvalue weighted by Gasteiger charge is -2.12. The van der Waals surface area contributed by atoms with Gasteiger partial charge in [0.2, 0.25) is 5.43 Å². The van der Waals surface area contributed by atoms with Gasteiger partial charge >= 0.3 is 0 Å². The zero-order valence-electron chi connectivity index (χ0n) is 15.4. The summed E-state index contributed by atoms with van der Waals surface area (Å²) in [6, 6.07) is 12.8. The quantitative estimate of drug-likeness (QED) is 0.484. The Balaban J connectivity index is 1.76. The second-order valence-electron chi connectivity index (χ2n) is 6.23. The largest absolute Gasteiger partial charge is 0.546 e. The molecule has 0 bridgehead atoms. The van der Waals surface area contributed by atoms with Gasteiger partial charge in [0.1, 0.15) is 29.2 Å². The number of nitrogens with zero attached hydrogens (tertiary/aromatic N) is 2. The van der Waals surface area contributed by atoms with Crippen molar-refractivity contribution < 1.29 is 19.1 Å². The molecule has 4 rings (SSSR count). The number of benzene rings is 2. The highest BCUT2D eigenvalue weighted by molar-refractivity contribution is 7.17. The molecular formula is C21H15N2O5S-. The van der Waals surface area contributed by atoms with Crippen molar-refractivity contribution in [3.05, 3.63) is 64.5 Å². The van der Waals surface area contributed by atoms with Gasteiger partial charge in [0.25, 0.3) is 0 Å². The molecule has 0 aliphatic heterocycles. The number of carbonyl (C=O) groups excluding carboxylic acids is 1. The zero-order chi connectivity index (χ0) is 20.4. The first-order chi connectivity index (χ1) is 14.1. The first kappa shape index (κ1) is 18.8. The number of aliphatic carboxylic acids is 1. The number of ether oxygens (including phenoxy) is 1. The van der Waals surface area contributed by atoms with Gasteiger partial charge in [-0.1, -0.05) is 48.6 Å². The molecular weight excluding hydrogens is 392 g/mol. The molecule has 0 aliphatic rings. The minimum atomic E-state index is -1.32. The Morgan fingerprint density at radius 2 is 1.93 bits per heavy atom. The van der Waals surface area contributed by atoms with Gasteiger partial charge in [-0.15, -0.1) is 10.2 Å². The molecule has 4 aromatic rings. The molecule has 0 N–H and O–H groups in total. The summed E-state index contributed by atoms with van der Waals surface area (Å²) >= 11 is 1.31. The van der Waals surface area contributed by atoms with Crippen molar-refractivity contribution in [3.8, 4) is 26.9 Å². The lowest BCUT2D eigenvalue weighted by atomic mass is 10.1. The highest BCUT2D eigenvalue weighted by atomic mass is 32.1. The zero-order valence-corrected chi connectivity index (χ0v) is 16.2. The van der Waals surface area contributed by atoms with E-state index in [9.17, 15) is 14.7 Å². The van der Waals surface area contributed by atoms with Crippen LogP contribution in [0.1, 0.15) is 12.5 Å². The highest BCUT2D eigenvalue weighted by Crippen LogP contribution is 2.31. The van der Waals surface area contributed by atoms with Crippen LogP contribution in [0.2, 0.25) is 0 Å². The minimum absolute atomic E-state index is 0.233. The lowest BCUT2D eigenvalue weighted by molar-refractivity contribution is -0.307. The summed E-state index contributed by atoms with van der Waals surface area (Å²) in [4.78, 5) is 23.7. The van der Waals surface area contributed by atoms with Gasteiger partial charge < -0.3 is 19.1 Å². The maximum atomic E-state index is 13.1. The number of aryl methyl sites for hydroxylation is 1. The van der Waals surface area contributed by atoms with Crippen LogP contribution in [0.15, 0.2) is 57.9 Å². The third-order valence-electron chi connectivity index (χ3n) is 4.36. The second-order valence-corrected chi connectivity index (χ2v) is 7.20. The van der Waals surface area contributed by atoms with Crippen molar-refractivity contribution in [2.45, 2.75) is 13.3 Å². The Labute approximate surface area is 169 Å². The molecule has 0 atom stereocenters. The minimum Gasteiger partial charge on any atom is -0.546 e. The van der Waals surface area contributed by atoms with Crippen molar-refractivity contribution in [1.82, 2.24) is 10.2 Å². The van der Waals surface area contributed by atoms with E-state index in [0.717, 1.165) is 5.56 Å². The molecule has 8 heteroatoms. The van der Waals surface area contributed by atoms with E-state index < -0.39 is 12.6 Å². The van der Waals surface area contributed by atoms with Crippen LogP contribution in [0, 0.1) is 0 Å². The number of carbonyl (C=O) groups is 1. The number of fused-ring (bicyclic) bond motifs is 1. The molecule has 7 nitrogen and oxygen atoms in total. The van der Waals surface area contributed by atoms with Crippen LogP contribution >= 0.6 is 11.3 Å². The van der Waals surface area contributed by atoms with E-state index in [4.69, 9.17) is 9.15 Å². The molecule has 0 unspecified atom stereocenters. The van der Waals surface area contributed by atoms with Crippen molar-refractivity contribution in [2.75, 3.05) is 6.61 Å². The first-order valence-corrected chi connectivity index (χ1v) is 9.69. The first-order valence-electron chi connectivity index (χ1n) is 8.87. The van der Waals surface area contributed by atoms with E-state index in [0.29, 0.717) is 44.3 Å². The predicted octanol–water partition coefficient (Wildman–Crippen LogP) is 2.67. The van der Waals surface area contributed by atoms with Crippen LogP contribution in [0.25, 0.3) is 32.1 Å². The van der Waals surface area contributed by atoms with Gasteiger partial charge in [-0.05, 0) is 18.1 Å². The summed E-state index contributed by atoms with van der Waals surface area (Å²) in [7, 11) is 0. The topological polar surface area (TPSA) is 105 Å². The summed E-state index contributed by atoms with van der Waals surface area (Å²) in [5.41, 5.74) is 2.01. The predicted molar refractivity (Wildman–Crippen MR) is 107 cm³/mol. The fourth-order valence-corrected chi connectivity index (χ4v) is 3.78. The van der Waals surface area contributed by atoms with Gasteiger partial charge in [0.15, 0.2) is 5.01 Å². The maximum absolute atomic E-state index is 13.1. The third kappa shape index (κ3) is 3.74. The Morgan fingerprint density at radius 1 is 1.17 bits per heavy atom. The molecule has 0 spiro atoms. The van der Waals surface area contributed by atoms with Gasteiger partial charge in [-0.3, -0.25) is 4.79 Å². The van der Waals surface area contributed by atoms with E-state index in [1.54, 1.807) is 6.07 Å². The number of hydrogen-bond acceptors (Lipinski definition) is 8. The smallest absolute Gasteiger partial charge is 0.203 e. The molecule has 29 heavy (non-hydrogen) atoms. The van der Waals surface area contributed by atoms with E-state index in [-0.39, 0.29) is 5.43 Å². The molecule has 2 heterocycles. The fourth-order valence-electron chi connectivity index (χ4n) is 2.93. The van der Waals surface area contributed by atoms with Gasteiger partial charge in [0.05, 0.1) is 16.9 Å². The van der Waals surface area contributed by atoms with Crippen LogP contribution in [0.5, 0.6) is 5.75 Å². The van der Waals surface area contributed by atoms with Crippen LogP contribution in [-0.4, -0.2) is 22.8 Å². The maximum Gasteiger partial charge on any atom is 0.203 e. The monoisotopic (exact) mass is 407 g/mol. The highest BCUT2D eigenvalue weighted by Gasteiger charge is 2.16. The Kier molecular flexibility index (Phi) is 5.09. The summed E-state index contributed by atoms with van der Waals surface area (Å²) in [5.74, 6) is -0.975. The molecule has 0 radical (unpaired) electrons. The van der Waals surface area contributed by atoms with Gasteiger partial charge in [-0.2, -0.15) is 0 Å². The second kappa shape index (κ2) is 7.84. The molecule has 0 saturated heterocycles. The van der Waals surface area contributed by atoms with Gasteiger partial charge in [-0.25, -0.2) is 0 Å². The fraction of sp³-hybridized carbons (Fsp3) is 0.143. The van der Waals surface area contributed by atoms with Crippen LogP contribution in [0.3, 0.4) is 0 Å². The van der Waals surface area contributed by atoms with E-state index in [1.165, 1.54) is 23.7 Å². The Hall–Kier alpha value is -3.52. The molecule has 2 aromatic heterocycles. The van der Waals surface area contributed by atoms with E-state index in [1.807, 2.05) is 37.3 Å². The average Bonchev–Trinajstić information content (AvgIpc) is 3.22.